The Labute approximate surface area is 84.3 Å². The Morgan fingerprint density at radius 3 is 2.29 bits per heavy atom. The monoisotopic (exact) mass is 198 g/mol. The van der Waals surface area contributed by atoms with Crippen LogP contribution in [-0.4, -0.2) is 24.9 Å². The van der Waals surface area contributed by atoms with Crippen molar-refractivity contribution >= 4 is 5.91 Å². The number of rotatable bonds is 4. The summed E-state index contributed by atoms with van der Waals surface area (Å²) < 4.78 is 0. The summed E-state index contributed by atoms with van der Waals surface area (Å²) in [6, 6.07) is 0. The van der Waals surface area contributed by atoms with Gasteiger partial charge in [-0.3, -0.25) is 15.4 Å². The molecule has 1 aliphatic heterocycles. The Morgan fingerprint density at radius 2 is 1.86 bits per heavy atom. The first-order chi connectivity index (χ1) is 6.62. The lowest BCUT2D eigenvalue weighted by Crippen LogP contribution is -2.76. The van der Waals surface area contributed by atoms with Gasteiger partial charge >= 0.3 is 0 Å². The molecule has 0 spiro atoms. The van der Waals surface area contributed by atoms with Crippen molar-refractivity contribution in [1.29, 1.82) is 0 Å². The molecule has 0 aromatic rings. The topological polar surface area (TPSA) is 65.2 Å². The van der Waals surface area contributed by atoms with Crippen LogP contribution in [0.1, 0.15) is 20.8 Å². The second-order valence-electron chi connectivity index (χ2n) is 3.25. The molecular formula is C9H18N4O. The van der Waals surface area contributed by atoms with E-state index in [1.54, 1.807) is 0 Å². The molecule has 0 atom stereocenters. The Hall–Kier alpha value is -1.07. The molecule has 0 aromatic heterocycles. The number of carbonyl (C=O) groups is 1. The van der Waals surface area contributed by atoms with Crippen molar-refractivity contribution in [3.05, 3.63) is 11.8 Å². The molecule has 1 rings (SSSR count). The highest BCUT2D eigenvalue weighted by Gasteiger charge is 2.32. The molecule has 1 heterocycles. The van der Waals surface area contributed by atoms with Crippen molar-refractivity contribution in [2.45, 2.75) is 26.7 Å². The molecule has 1 aliphatic rings. The molecule has 80 valence electrons. The van der Waals surface area contributed by atoms with Gasteiger partial charge in [-0.1, -0.05) is 13.8 Å². The van der Waals surface area contributed by atoms with E-state index in [0.29, 0.717) is 0 Å². The van der Waals surface area contributed by atoms with E-state index >= 15 is 0 Å². The van der Waals surface area contributed by atoms with Gasteiger partial charge in [-0.05, 0) is 20.0 Å². The molecule has 0 saturated heterocycles. The standard InChI is InChI=1S/C9H18N4O/c1-4-10-9(11-5-2)12-7(3)6-8(14)13-9/h6,10-12H,4-5H2,1-3H3,(H,13,14). The first-order valence-corrected chi connectivity index (χ1v) is 4.90. The maximum atomic E-state index is 11.3. The largest absolute Gasteiger partial charge is 0.341 e. The summed E-state index contributed by atoms with van der Waals surface area (Å²) in [5, 5.41) is 12.3. The van der Waals surface area contributed by atoms with Crippen LogP contribution in [0.2, 0.25) is 0 Å². The number of allylic oxidation sites excluding steroid dienone is 1. The van der Waals surface area contributed by atoms with Gasteiger partial charge in [0, 0.05) is 11.8 Å². The van der Waals surface area contributed by atoms with Crippen LogP contribution < -0.4 is 21.3 Å². The fourth-order valence-electron chi connectivity index (χ4n) is 1.55. The quantitative estimate of drug-likeness (QED) is 0.457. The molecular weight excluding hydrogens is 180 g/mol. The Balaban J connectivity index is 2.78. The van der Waals surface area contributed by atoms with Gasteiger partial charge in [0.15, 0.2) is 0 Å². The van der Waals surface area contributed by atoms with E-state index < -0.39 is 5.91 Å². The van der Waals surface area contributed by atoms with Crippen molar-refractivity contribution in [3.63, 3.8) is 0 Å². The second-order valence-corrected chi connectivity index (χ2v) is 3.25. The van der Waals surface area contributed by atoms with Crippen molar-refractivity contribution in [2.75, 3.05) is 13.1 Å². The Kier molecular flexibility index (Phi) is 3.49. The summed E-state index contributed by atoms with van der Waals surface area (Å²) in [7, 11) is 0. The maximum Gasteiger partial charge on any atom is 0.249 e. The average molecular weight is 198 g/mol. The number of amides is 1. The molecule has 5 nitrogen and oxygen atoms in total. The SMILES string of the molecule is CCNC1(NCC)NC(=O)C=C(C)N1. The highest BCUT2D eigenvalue weighted by Crippen LogP contribution is 2.02. The first-order valence-electron chi connectivity index (χ1n) is 4.90. The lowest BCUT2D eigenvalue weighted by Gasteiger charge is -2.39. The zero-order chi connectivity index (χ0) is 10.6. The Bertz CT molecular complexity index is 243. The lowest BCUT2D eigenvalue weighted by atomic mass is 10.3. The molecule has 0 saturated carbocycles. The fraction of sp³-hybridized carbons (Fsp3) is 0.667. The second kappa shape index (κ2) is 4.43. The van der Waals surface area contributed by atoms with Gasteiger partial charge in [0.05, 0.1) is 0 Å². The van der Waals surface area contributed by atoms with Gasteiger partial charge < -0.3 is 10.6 Å². The minimum absolute atomic E-state index is 0.0943. The number of hydrogen-bond donors (Lipinski definition) is 4. The molecule has 5 heteroatoms. The normalized spacial score (nSPS) is 19.6. The number of carbonyl (C=O) groups excluding carboxylic acids is 1. The predicted octanol–water partition coefficient (Wildman–Crippen LogP) is -0.560. The van der Waals surface area contributed by atoms with Gasteiger partial charge in [0.1, 0.15) is 0 Å². The third-order valence-electron chi connectivity index (χ3n) is 1.93. The molecule has 14 heavy (non-hydrogen) atoms. The van der Waals surface area contributed by atoms with Crippen molar-refractivity contribution in [3.8, 4) is 0 Å². The predicted molar refractivity (Wildman–Crippen MR) is 55.1 cm³/mol. The molecule has 0 bridgehead atoms. The average Bonchev–Trinajstić information content (AvgIpc) is 2.02. The van der Waals surface area contributed by atoms with E-state index in [9.17, 15) is 4.79 Å². The molecule has 0 radical (unpaired) electrons. The van der Waals surface area contributed by atoms with Gasteiger partial charge in [0.25, 0.3) is 0 Å². The lowest BCUT2D eigenvalue weighted by molar-refractivity contribution is -0.120. The van der Waals surface area contributed by atoms with Crippen molar-refractivity contribution in [1.82, 2.24) is 21.3 Å². The number of hydrogen-bond acceptors (Lipinski definition) is 4. The third kappa shape index (κ3) is 2.46. The molecule has 1 amide bonds. The molecule has 0 aromatic carbocycles. The van der Waals surface area contributed by atoms with Crippen LogP contribution in [0.15, 0.2) is 11.8 Å². The molecule has 4 N–H and O–H groups in total. The van der Waals surface area contributed by atoms with Crippen LogP contribution in [0.3, 0.4) is 0 Å². The van der Waals surface area contributed by atoms with Gasteiger partial charge in [-0.15, -0.1) is 0 Å². The van der Waals surface area contributed by atoms with Crippen LogP contribution >= 0.6 is 0 Å². The van der Waals surface area contributed by atoms with E-state index in [1.807, 2.05) is 20.8 Å². The maximum absolute atomic E-state index is 11.3. The van der Waals surface area contributed by atoms with Crippen LogP contribution in [0.4, 0.5) is 0 Å². The summed E-state index contributed by atoms with van der Waals surface area (Å²) >= 11 is 0. The first kappa shape index (κ1) is 11.0. The van der Waals surface area contributed by atoms with E-state index in [0.717, 1.165) is 18.8 Å². The minimum atomic E-state index is -0.695. The van der Waals surface area contributed by atoms with E-state index in [4.69, 9.17) is 0 Å². The van der Waals surface area contributed by atoms with Crippen molar-refractivity contribution < 1.29 is 4.79 Å². The summed E-state index contributed by atoms with van der Waals surface area (Å²) in [6.07, 6.45) is 1.53. The van der Waals surface area contributed by atoms with Gasteiger partial charge in [-0.2, -0.15) is 0 Å². The third-order valence-corrected chi connectivity index (χ3v) is 1.93. The fourth-order valence-corrected chi connectivity index (χ4v) is 1.55. The number of nitrogens with one attached hydrogen (secondary N) is 4. The van der Waals surface area contributed by atoms with Crippen LogP contribution in [-0.2, 0) is 4.79 Å². The van der Waals surface area contributed by atoms with Gasteiger partial charge in [-0.25, -0.2) is 0 Å². The highest BCUT2D eigenvalue weighted by molar-refractivity contribution is 5.89. The van der Waals surface area contributed by atoms with E-state index in [1.165, 1.54) is 6.08 Å². The Morgan fingerprint density at radius 1 is 1.29 bits per heavy atom. The van der Waals surface area contributed by atoms with E-state index in [2.05, 4.69) is 21.3 Å². The van der Waals surface area contributed by atoms with Gasteiger partial charge in [0.2, 0.25) is 11.8 Å². The summed E-state index contributed by atoms with van der Waals surface area (Å²) in [4.78, 5) is 11.3. The highest BCUT2D eigenvalue weighted by atomic mass is 16.2. The van der Waals surface area contributed by atoms with E-state index in [-0.39, 0.29) is 5.91 Å². The minimum Gasteiger partial charge on any atom is -0.341 e. The molecule has 0 unspecified atom stereocenters. The molecule has 0 fully saturated rings. The summed E-state index contributed by atoms with van der Waals surface area (Å²) in [5.74, 6) is -0.789. The summed E-state index contributed by atoms with van der Waals surface area (Å²) in [6.45, 7) is 7.35. The van der Waals surface area contributed by atoms with Crippen LogP contribution in [0.5, 0.6) is 0 Å². The van der Waals surface area contributed by atoms with Crippen LogP contribution in [0.25, 0.3) is 0 Å². The smallest absolute Gasteiger partial charge is 0.249 e. The molecule has 0 aliphatic carbocycles. The van der Waals surface area contributed by atoms with Crippen LogP contribution in [0, 0.1) is 0 Å². The van der Waals surface area contributed by atoms with Crippen molar-refractivity contribution in [2.24, 2.45) is 0 Å². The summed E-state index contributed by atoms with van der Waals surface area (Å²) in [5.41, 5.74) is 0.843. The zero-order valence-corrected chi connectivity index (χ0v) is 8.90. The zero-order valence-electron chi connectivity index (χ0n) is 8.90.